The molecule has 0 bridgehead atoms. The van der Waals surface area contributed by atoms with Crippen LogP contribution in [0.25, 0.3) is 0 Å². The van der Waals surface area contributed by atoms with E-state index < -0.39 is 0 Å². The maximum Gasteiger partial charge on any atom is 0.00253 e. The zero-order valence-electron chi connectivity index (χ0n) is 6.87. The zero-order valence-corrected chi connectivity index (χ0v) is 8.66. The lowest BCUT2D eigenvalue weighted by Crippen LogP contribution is -2.28. The summed E-state index contributed by atoms with van der Waals surface area (Å²) in [5, 5.41) is 0. The quantitative estimate of drug-likeness (QED) is 0.638. The van der Waals surface area contributed by atoms with E-state index in [4.69, 9.17) is 0 Å². The Kier molecular flexibility index (Phi) is 4.72. The summed E-state index contributed by atoms with van der Waals surface area (Å²) >= 11 is 8.59. The molecule has 1 heterocycles. The third kappa shape index (κ3) is 3.26. The summed E-state index contributed by atoms with van der Waals surface area (Å²) in [5.41, 5.74) is 0. The number of hydrogen-bond acceptors (Lipinski definition) is 3. The molecular formula is C8H17NS2. The topological polar surface area (TPSA) is 3.24 Å². The second-order valence-electron chi connectivity index (χ2n) is 3.24. The van der Waals surface area contributed by atoms with Gasteiger partial charge in [0.25, 0.3) is 0 Å². The maximum absolute atomic E-state index is 4.29. The number of hydrogen-bond donors (Lipinski definition) is 2. The number of likely N-dealkylation sites (tertiary alicyclic amines) is 1. The van der Waals surface area contributed by atoms with Gasteiger partial charge in [-0.25, -0.2) is 0 Å². The Labute approximate surface area is 80.4 Å². The fourth-order valence-electron chi connectivity index (χ4n) is 1.50. The fraction of sp³-hybridized carbons (Fsp3) is 1.00. The van der Waals surface area contributed by atoms with E-state index in [9.17, 15) is 0 Å². The third-order valence-corrected chi connectivity index (χ3v) is 3.26. The molecule has 0 N–H and O–H groups in total. The molecule has 0 radical (unpaired) electrons. The SMILES string of the molecule is SCC(CS)CN1CCCC1. The van der Waals surface area contributed by atoms with E-state index in [1.807, 2.05) is 0 Å². The Morgan fingerprint density at radius 1 is 1.09 bits per heavy atom. The molecule has 0 aromatic carbocycles. The van der Waals surface area contributed by atoms with Crippen molar-refractivity contribution >= 4 is 25.3 Å². The van der Waals surface area contributed by atoms with Crippen LogP contribution in [0.3, 0.4) is 0 Å². The molecule has 0 saturated carbocycles. The largest absolute Gasteiger partial charge is 0.303 e. The van der Waals surface area contributed by atoms with Crippen LogP contribution >= 0.6 is 25.3 Å². The van der Waals surface area contributed by atoms with Crippen LogP contribution in [0, 0.1) is 5.92 Å². The molecule has 3 heteroatoms. The van der Waals surface area contributed by atoms with Crippen molar-refractivity contribution in [1.82, 2.24) is 4.90 Å². The van der Waals surface area contributed by atoms with Gasteiger partial charge >= 0.3 is 0 Å². The first-order valence-electron chi connectivity index (χ1n) is 4.31. The summed E-state index contributed by atoms with van der Waals surface area (Å²) in [7, 11) is 0. The number of nitrogens with zero attached hydrogens (tertiary/aromatic N) is 1. The second-order valence-corrected chi connectivity index (χ2v) is 3.97. The smallest absolute Gasteiger partial charge is 0.00253 e. The molecule has 0 atom stereocenters. The van der Waals surface area contributed by atoms with Crippen LogP contribution in [0.15, 0.2) is 0 Å². The van der Waals surface area contributed by atoms with Crippen LogP contribution in [0.1, 0.15) is 12.8 Å². The van der Waals surface area contributed by atoms with E-state index in [2.05, 4.69) is 30.2 Å². The monoisotopic (exact) mass is 191 g/mol. The van der Waals surface area contributed by atoms with Crippen molar-refractivity contribution in [3.8, 4) is 0 Å². The Morgan fingerprint density at radius 3 is 2.09 bits per heavy atom. The Balaban J connectivity index is 2.16. The first-order chi connectivity index (χ1) is 5.36. The van der Waals surface area contributed by atoms with Crippen molar-refractivity contribution in [3.05, 3.63) is 0 Å². The average Bonchev–Trinajstić information content (AvgIpc) is 2.52. The van der Waals surface area contributed by atoms with Crippen LogP contribution in [0.2, 0.25) is 0 Å². The Morgan fingerprint density at radius 2 is 1.64 bits per heavy atom. The highest BCUT2D eigenvalue weighted by Gasteiger charge is 2.15. The van der Waals surface area contributed by atoms with Gasteiger partial charge in [-0.05, 0) is 43.4 Å². The Bertz CT molecular complexity index is 98.3. The molecule has 0 amide bonds. The highest BCUT2D eigenvalue weighted by molar-refractivity contribution is 7.81. The molecule has 0 spiro atoms. The van der Waals surface area contributed by atoms with Crippen molar-refractivity contribution < 1.29 is 0 Å². The number of thiol groups is 2. The van der Waals surface area contributed by atoms with Gasteiger partial charge in [-0.15, -0.1) is 0 Å². The third-order valence-electron chi connectivity index (χ3n) is 2.23. The summed E-state index contributed by atoms with van der Waals surface area (Å²) < 4.78 is 0. The van der Waals surface area contributed by atoms with Gasteiger partial charge in [0.15, 0.2) is 0 Å². The summed E-state index contributed by atoms with van der Waals surface area (Å²) in [6.45, 7) is 3.78. The van der Waals surface area contributed by atoms with Gasteiger partial charge in [0.2, 0.25) is 0 Å². The van der Waals surface area contributed by atoms with E-state index in [0.717, 1.165) is 11.5 Å². The minimum Gasteiger partial charge on any atom is -0.303 e. The molecule has 1 nitrogen and oxygen atoms in total. The van der Waals surface area contributed by atoms with Crippen LogP contribution < -0.4 is 0 Å². The summed E-state index contributed by atoms with van der Waals surface area (Å²) in [6, 6.07) is 0. The first-order valence-corrected chi connectivity index (χ1v) is 5.57. The summed E-state index contributed by atoms with van der Waals surface area (Å²) in [5.74, 6) is 2.62. The maximum atomic E-state index is 4.29. The molecule has 0 unspecified atom stereocenters. The van der Waals surface area contributed by atoms with Crippen molar-refractivity contribution in [1.29, 1.82) is 0 Å². The molecule has 0 aromatic heterocycles. The van der Waals surface area contributed by atoms with Crippen molar-refractivity contribution in [2.24, 2.45) is 5.92 Å². The molecular weight excluding hydrogens is 174 g/mol. The molecule has 1 aliphatic heterocycles. The lowest BCUT2D eigenvalue weighted by atomic mass is 10.2. The molecule has 1 rings (SSSR count). The van der Waals surface area contributed by atoms with E-state index in [-0.39, 0.29) is 0 Å². The van der Waals surface area contributed by atoms with Crippen LogP contribution in [-0.4, -0.2) is 36.0 Å². The number of rotatable bonds is 4. The lowest BCUT2D eigenvalue weighted by molar-refractivity contribution is 0.303. The van der Waals surface area contributed by atoms with E-state index in [0.29, 0.717) is 5.92 Å². The molecule has 1 saturated heterocycles. The standard InChI is InChI=1S/C8H17NS2/c10-6-8(7-11)5-9-3-1-2-4-9/h8,10-11H,1-7H2. The fourth-order valence-corrected chi connectivity index (χ4v) is 2.20. The minimum absolute atomic E-state index is 0.680. The van der Waals surface area contributed by atoms with Gasteiger partial charge < -0.3 is 4.90 Å². The van der Waals surface area contributed by atoms with Crippen molar-refractivity contribution in [2.75, 3.05) is 31.1 Å². The average molecular weight is 191 g/mol. The normalized spacial score (nSPS) is 19.9. The highest BCUT2D eigenvalue weighted by Crippen LogP contribution is 2.11. The van der Waals surface area contributed by atoms with E-state index in [1.165, 1.54) is 32.5 Å². The zero-order chi connectivity index (χ0) is 8.10. The second kappa shape index (κ2) is 5.33. The molecule has 0 aliphatic carbocycles. The van der Waals surface area contributed by atoms with Crippen molar-refractivity contribution in [2.45, 2.75) is 12.8 Å². The molecule has 0 aromatic rings. The minimum atomic E-state index is 0.680. The predicted octanol–water partition coefficient (Wildman–Crippen LogP) is 1.56. The van der Waals surface area contributed by atoms with Crippen LogP contribution in [0.5, 0.6) is 0 Å². The molecule has 66 valence electrons. The molecule has 1 aliphatic rings. The van der Waals surface area contributed by atoms with Gasteiger partial charge in [0.05, 0.1) is 0 Å². The van der Waals surface area contributed by atoms with Gasteiger partial charge in [0.1, 0.15) is 0 Å². The highest BCUT2D eigenvalue weighted by atomic mass is 32.1. The lowest BCUT2D eigenvalue weighted by Gasteiger charge is -2.20. The summed E-state index contributed by atoms with van der Waals surface area (Å²) in [4.78, 5) is 2.52. The van der Waals surface area contributed by atoms with Crippen LogP contribution in [-0.2, 0) is 0 Å². The first kappa shape index (κ1) is 9.75. The van der Waals surface area contributed by atoms with E-state index >= 15 is 0 Å². The van der Waals surface area contributed by atoms with Gasteiger partial charge in [-0.2, -0.15) is 25.3 Å². The van der Waals surface area contributed by atoms with E-state index in [1.54, 1.807) is 0 Å². The van der Waals surface area contributed by atoms with Gasteiger partial charge in [-0.3, -0.25) is 0 Å². The van der Waals surface area contributed by atoms with Crippen LogP contribution in [0.4, 0.5) is 0 Å². The molecule has 1 fully saturated rings. The van der Waals surface area contributed by atoms with Gasteiger partial charge in [-0.1, -0.05) is 0 Å². The molecule has 11 heavy (non-hydrogen) atoms. The van der Waals surface area contributed by atoms with Crippen molar-refractivity contribution in [3.63, 3.8) is 0 Å². The van der Waals surface area contributed by atoms with Gasteiger partial charge in [0, 0.05) is 6.54 Å². The predicted molar refractivity (Wildman–Crippen MR) is 56.9 cm³/mol. The Hall–Kier alpha value is 0.660. The summed E-state index contributed by atoms with van der Waals surface area (Å²) in [6.07, 6.45) is 2.76.